The lowest BCUT2D eigenvalue weighted by atomic mass is 9.44. The van der Waals surface area contributed by atoms with Crippen LogP contribution < -0.4 is 20.7 Å². The molecular weight excluding hydrogens is 387 g/mol. The number of likely N-dealkylation sites (N-methyl/N-ethyl adjacent to an activating group) is 1. The molecule has 0 aromatic heterocycles. The number of hydrogen-bond acceptors (Lipinski definition) is 5. The summed E-state index contributed by atoms with van der Waals surface area (Å²) >= 11 is 5.62. The Morgan fingerprint density at radius 1 is 1.32 bits per heavy atom. The summed E-state index contributed by atoms with van der Waals surface area (Å²) in [6.07, 6.45) is 2.21. The van der Waals surface area contributed by atoms with E-state index in [9.17, 15) is 14.0 Å². The van der Waals surface area contributed by atoms with Gasteiger partial charge in [0, 0.05) is 30.4 Å². The molecule has 7 nitrogen and oxygen atoms in total. The summed E-state index contributed by atoms with van der Waals surface area (Å²) in [5.74, 6) is -0.536. The van der Waals surface area contributed by atoms with Gasteiger partial charge in [-0.05, 0) is 37.9 Å². The van der Waals surface area contributed by atoms with Crippen LogP contribution in [0, 0.1) is 5.82 Å². The Bertz CT molecular complexity index is 786. The number of nitrogens with one attached hydrogen (secondary N) is 3. The number of ether oxygens (including phenoxy) is 1. The molecule has 1 aliphatic heterocycles. The fraction of sp³-hybridized carbons (Fsp3) is 0.579. The number of nitrogens with zero attached hydrogens (tertiary/aromatic N) is 1. The van der Waals surface area contributed by atoms with Crippen LogP contribution in [0.4, 0.5) is 4.39 Å². The van der Waals surface area contributed by atoms with Crippen molar-refractivity contribution >= 4 is 23.4 Å². The minimum Gasteiger partial charge on any atom is -0.484 e. The molecule has 9 heteroatoms. The third kappa shape index (κ3) is 3.56. The molecule has 0 spiro atoms. The highest BCUT2D eigenvalue weighted by Crippen LogP contribution is 2.60. The molecule has 1 saturated heterocycles. The second kappa shape index (κ2) is 7.17. The second-order valence-corrected chi connectivity index (χ2v) is 8.43. The summed E-state index contributed by atoms with van der Waals surface area (Å²) in [6, 6.07) is 3.93. The topological polar surface area (TPSA) is 82.7 Å². The Morgan fingerprint density at radius 3 is 2.71 bits per heavy atom. The predicted molar refractivity (Wildman–Crippen MR) is 102 cm³/mol. The summed E-state index contributed by atoms with van der Waals surface area (Å²) < 4.78 is 18.7. The molecule has 3 saturated carbocycles. The SMILES string of the molecule is CCN1CNCC1C(=O)NC12CC(NC(=O)COc3ccc(Cl)c(F)c3)(C1)C2. The van der Waals surface area contributed by atoms with Gasteiger partial charge in [-0.3, -0.25) is 14.5 Å². The molecule has 1 heterocycles. The van der Waals surface area contributed by atoms with Crippen molar-refractivity contribution in [2.45, 2.75) is 43.3 Å². The number of halogens is 2. The van der Waals surface area contributed by atoms with Gasteiger partial charge in [-0.2, -0.15) is 0 Å². The molecule has 1 unspecified atom stereocenters. The monoisotopic (exact) mass is 410 g/mol. The van der Waals surface area contributed by atoms with Gasteiger partial charge in [0.25, 0.3) is 5.91 Å². The van der Waals surface area contributed by atoms with Crippen LogP contribution in [0.25, 0.3) is 0 Å². The number of amides is 2. The van der Waals surface area contributed by atoms with E-state index in [-0.39, 0.29) is 46.3 Å². The van der Waals surface area contributed by atoms with Gasteiger partial charge in [0.15, 0.2) is 6.61 Å². The molecular formula is C19H24ClFN4O3. The third-order valence-corrected chi connectivity index (χ3v) is 6.19. The zero-order chi connectivity index (χ0) is 19.9. The number of hydrogen-bond donors (Lipinski definition) is 3. The molecule has 5 rings (SSSR count). The highest BCUT2D eigenvalue weighted by atomic mass is 35.5. The van der Waals surface area contributed by atoms with Crippen LogP contribution >= 0.6 is 11.6 Å². The first kappa shape index (κ1) is 19.4. The Kier molecular flexibility index (Phi) is 4.97. The van der Waals surface area contributed by atoms with Crippen molar-refractivity contribution in [3.63, 3.8) is 0 Å². The standard InChI is InChI=1S/C19H24ClFN4O3/c1-2-25-11-22-6-15(25)17(27)24-19-8-18(9-19,10-19)23-16(26)7-28-12-3-4-13(20)14(21)5-12/h3-5,15,22H,2,6-11H2,1H3,(H,23,26)(H,24,27). The van der Waals surface area contributed by atoms with Crippen LogP contribution in [-0.2, 0) is 9.59 Å². The quantitative estimate of drug-likeness (QED) is 0.625. The van der Waals surface area contributed by atoms with Crippen molar-refractivity contribution in [3.05, 3.63) is 29.0 Å². The first-order valence-corrected chi connectivity index (χ1v) is 9.87. The second-order valence-electron chi connectivity index (χ2n) is 8.03. The zero-order valence-electron chi connectivity index (χ0n) is 15.7. The Hall–Kier alpha value is -1.90. The Morgan fingerprint density at radius 2 is 2.04 bits per heavy atom. The predicted octanol–water partition coefficient (Wildman–Crippen LogP) is 1.02. The lowest BCUT2D eigenvalue weighted by Crippen LogP contribution is -2.84. The molecule has 1 atom stereocenters. The van der Waals surface area contributed by atoms with E-state index in [0.29, 0.717) is 6.54 Å². The van der Waals surface area contributed by atoms with Crippen molar-refractivity contribution in [2.75, 3.05) is 26.4 Å². The van der Waals surface area contributed by atoms with E-state index in [0.717, 1.165) is 38.5 Å². The molecule has 2 amide bonds. The number of carbonyl (C=O) groups excluding carboxylic acids is 2. The van der Waals surface area contributed by atoms with E-state index in [1.165, 1.54) is 12.1 Å². The zero-order valence-corrected chi connectivity index (χ0v) is 16.4. The van der Waals surface area contributed by atoms with E-state index >= 15 is 0 Å². The van der Waals surface area contributed by atoms with Crippen molar-refractivity contribution in [3.8, 4) is 5.75 Å². The van der Waals surface area contributed by atoms with E-state index < -0.39 is 5.82 Å². The smallest absolute Gasteiger partial charge is 0.258 e. The van der Waals surface area contributed by atoms with Crippen LogP contribution in [-0.4, -0.2) is 60.2 Å². The van der Waals surface area contributed by atoms with E-state index in [2.05, 4.69) is 20.9 Å². The van der Waals surface area contributed by atoms with E-state index in [4.69, 9.17) is 16.3 Å². The molecule has 4 fully saturated rings. The molecule has 2 bridgehead atoms. The highest BCUT2D eigenvalue weighted by molar-refractivity contribution is 6.30. The van der Waals surface area contributed by atoms with Crippen LogP contribution in [0.3, 0.4) is 0 Å². The normalized spacial score (nSPS) is 30.9. The molecule has 152 valence electrons. The maximum atomic E-state index is 13.4. The van der Waals surface area contributed by atoms with Crippen LogP contribution in [0.1, 0.15) is 26.2 Å². The Balaban J connectivity index is 1.21. The summed E-state index contributed by atoms with van der Waals surface area (Å²) in [6.45, 7) is 4.08. The third-order valence-electron chi connectivity index (χ3n) is 5.89. The van der Waals surface area contributed by atoms with E-state index in [1.807, 2.05) is 6.92 Å². The molecule has 4 aliphatic rings. The minimum atomic E-state index is -0.587. The molecule has 1 aromatic rings. The van der Waals surface area contributed by atoms with Crippen LogP contribution in [0.2, 0.25) is 5.02 Å². The minimum absolute atomic E-state index is 0.00783. The Labute approximate surface area is 167 Å². The lowest BCUT2D eigenvalue weighted by molar-refractivity contribution is -0.152. The van der Waals surface area contributed by atoms with Crippen molar-refractivity contribution < 1.29 is 18.7 Å². The lowest BCUT2D eigenvalue weighted by Gasteiger charge is -2.70. The number of carbonyl (C=O) groups is 2. The highest BCUT2D eigenvalue weighted by Gasteiger charge is 2.69. The number of rotatable bonds is 7. The summed E-state index contributed by atoms with van der Waals surface area (Å²) in [4.78, 5) is 26.8. The average Bonchev–Trinajstić information content (AvgIpc) is 3.08. The summed E-state index contributed by atoms with van der Waals surface area (Å²) in [5.41, 5.74) is -0.441. The largest absolute Gasteiger partial charge is 0.484 e. The maximum Gasteiger partial charge on any atom is 0.258 e. The fourth-order valence-corrected chi connectivity index (χ4v) is 4.74. The molecule has 3 aliphatic carbocycles. The maximum absolute atomic E-state index is 13.4. The average molecular weight is 411 g/mol. The van der Waals surface area contributed by atoms with E-state index in [1.54, 1.807) is 0 Å². The first-order chi connectivity index (χ1) is 13.3. The summed E-state index contributed by atoms with van der Waals surface area (Å²) in [7, 11) is 0. The van der Waals surface area contributed by atoms with Gasteiger partial charge in [0.05, 0.1) is 5.02 Å². The molecule has 3 N–H and O–H groups in total. The van der Waals surface area contributed by atoms with Crippen molar-refractivity contribution in [2.24, 2.45) is 0 Å². The van der Waals surface area contributed by atoms with Gasteiger partial charge in [-0.15, -0.1) is 0 Å². The summed E-state index contributed by atoms with van der Waals surface area (Å²) in [5, 5.41) is 9.39. The van der Waals surface area contributed by atoms with Gasteiger partial charge in [0.1, 0.15) is 17.6 Å². The number of benzene rings is 1. The van der Waals surface area contributed by atoms with Crippen LogP contribution in [0.15, 0.2) is 18.2 Å². The molecule has 1 aromatic carbocycles. The van der Waals surface area contributed by atoms with Gasteiger partial charge in [0.2, 0.25) is 5.91 Å². The molecule has 28 heavy (non-hydrogen) atoms. The van der Waals surface area contributed by atoms with Gasteiger partial charge in [-0.1, -0.05) is 18.5 Å². The van der Waals surface area contributed by atoms with Gasteiger partial charge >= 0.3 is 0 Å². The first-order valence-electron chi connectivity index (χ1n) is 9.49. The fourth-order valence-electron chi connectivity index (χ4n) is 4.62. The van der Waals surface area contributed by atoms with Crippen LogP contribution in [0.5, 0.6) is 5.75 Å². The van der Waals surface area contributed by atoms with Gasteiger partial charge < -0.3 is 20.7 Å². The van der Waals surface area contributed by atoms with Crippen molar-refractivity contribution in [1.82, 2.24) is 20.9 Å². The van der Waals surface area contributed by atoms with Crippen molar-refractivity contribution in [1.29, 1.82) is 0 Å². The van der Waals surface area contributed by atoms with Gasteiger partial charge in [-0.25, -0.2) is 4.39 Å². The molecule has 0 radical (unpaired) electrons.